The van der Waals surface area contributed by atoms with Gasteiger partial charge in [0.1, 0.15) is 7.05 Å². The van der Waals surface area contributed by atoms with Crippen LogP contribution in [0.4, 0.5) is 5.69 Å². The predicted octanol–water partition coefficient (Wildman–Crippen LogP) is 6.59. The first-order chi connectivity index (χ1) is 17.5. The van der Waals surface area contributed by atoms with Crippen LogP contribution in [0.2, 0.25) is 0 Å². The molecule has 2 aliphatic rings. The number of aliphatic imine (C=N–C) groups is 1. The van der Waals surface area contributed by atoms with E-state index < -0.39 is 5.97 Å². The number of esters is 1. The number of amidine groups is 2. The molecule has 2 aliphatic heterocycles. The first-order valence-electron chi connectivity index (χ1n) is 12.1. The second-order valence-electron chi connectivity index (χ2n) is 8.97. The summed E-state index contributed by atoms with van der Waals surface area (Å²) in [6.07, 6.45) is 5.77. The monoisotopic (exact) mass is 478 g/mol. The molecule has 0 aliphatic carbocycles. The molecule has 3 aromatic carbocycles. The number of unbranched alkanes of at least 4 members (excludes halogenated alkanes) is 1. The maximum atomic E-state index is 11.5. The highest BCUT2D eigenvalue weighted by molar-refractivity contribution is 6.13. The van der Waals surface area contributed by atoms with Gasteiger partial charge in [-0.05, 0) is 46.4 Å². The molecule has 0 spiro atoms. The van der Waals surface area contributed by atoms with Crippen LogP contribution >= 0.6 is 0 Å². The van der Waals surface area contributed by atoms with E-state index in [-0.39, 0.29) is 11.5 Å². The quantitative estimate of drug-likeness (QED) is 0.307. The zero-order valence-electron chi connectivity index (χ0n) is 20.4. The number of carbonyl (C=O) groups is 1. The number of carbonyl (C=O) groups excluding carboxylic acids is 1. The van der Waals surface area contributed by atoms with Crippen LogP contribution in [-0.2, 0) is 9.53 Å². The Labute approximate surface area is 210 Å². The van der Waals surface area contributed by atoms with Crippen molar-refractivity contribution in [3.63, 3.8) is 0 Å². The summed E-state index contributed by atoms with van der Waals surface area (Å²) in [6, 6.07) is 26.2. The number of ether oxygens (including phenoxy) is 1. The van der Waals surface area contributed by atoms with Crippen molar-refractivity contribution < 1.29 is 14.6 Å². The Balaban J connectivity index is 1.49. The molecule has 1 unspecified atom stereocenters. The number of cyclic esters (lactones) is 1. The maximum Gasteiger partial charge on any atom is 0.340 e. The van der Waals surface area contributed by atoms with E-state index in [1.165, 1.54) is 0 Å². The molecule has 0 saturated carbocycles. The number of aliphatic hydroxyl groups excluding tert-OH is 1. The number of hydrogen-bond donors (Lipinski definition) is 1. The SMILES string of the molecule is CCCCC1=NC(c2ccccc2)=N[N+]1(C)c1ccc(-c2ccccc2/C=C2\OC(=O)C=C2O)cc1. The average Bonchev–Trinajstić information content (AvgIpc) is 3.41. The van der Waals surface area contributed by atoms with Crippen molar-refractivity contribution in [2.24, 2.45) is 10.1 Å². The van der Waals surface area contributed by atoms with E-state index in [1.54, 1.807) is 6.08 Å². The fourth-order valence-corrected chi connectivity index (χ4v) is 4.45. The summed E-state index contributed by atoms with van der Waals surface area (Å²) in [5.41, 5.74) is 4.84. The van der Waals surface area contributed by atoms with Crippen LogP contribution in [0, 0.1) is 0 Å². The molecule has 0 radical (unpaired) electrons. The second kappa shape index (κ2) is 9.76. The highest BCUT2D eigenvalue weighted by Gasteiger charge is 2.38. The first kappa shape index (κ1) is 23.5. The van der Waals surface area contributed by atoms with Gasteiger partial charge in [-0.1, -0.05) is 67.9 Å². The Kier molecular flexibility index (Phi) is 6.36. The van der Waals surface area contributed by atoms with Crippen molar-refractivity contribution >= 4 is 29.4 Å². The van der Waals surface area contributed by atoms with Crippen molar-refractivity contribution in [1.82, 2.24) is 4.59 Å². The molecule has 180 valence electrons. The van der Waals surface area contributed by atoms with Crippen molar-refractivity contribution in [2.75, 3.05) is 7.05 Å². The Morgan fingerprint density at radius 3 is 2.36 bits per heavy atom. The number of nitrogens with zero attached hydrogens (tertiary/aromatic N) is 3. The standard InChI is InChI=1S/C30H27N3O3/c1-3-4-14-28-31-30(22-10-6-5-7-11-22)32-33(28,2)24-17-15-21(16-18-24)25-13-9-8-12-23(25)19-27-26(34)20-29(35)36-27/h5-13,15-20H,3-4,14H2,1-2H3/p+1/b27-19-. The molecule has 6 heteroatoms. The van der Waals surface area contributed by atoms with Crippen LogP contribution in [0.3, 0.4) is 0 Å². The fourth-order valence-electron chi connectivity index (χ4n) is 4.45. The number of benzene rings is 3. The predicted molar refractivity (Wildman–Crippen MR) is 144 cm³/mol. The Morgan fingerprint density at radius 2 is 1.67 bits per heavy atom. The summed E-state index contributed by atoms with van der Waals surface area (Å²) < 4.78 is 5.40. The lowest BCUT2D eigenvalue weighted by Crippen LogP contribution is -2.43. The van der Waals surface area contributed by atoms with Gasteiger partial charge in [0, 0.05) is 24.1 Å². The van der Waals surface area contributed by atoms with Crippen molar-refractivity contribution in [2.45, 2.75) is 26.2 Å². The van der Waals surface area contributed by atoms with E-state index in [0.29, 0.717) is 4.59 Å². The smallest absolute Gasteiger partial charge is 0.340 e. The summed E-state index contributed by atoms with van der Waals surface area (Å²) in [5.74, 6) is 1.20. The molecule has 0 bridgehead atoms. The Morgan fingerprint density at radius 1 is 0.944 bits per heavy atom. The minimum atomic E-state index is -0.570. The lowest BCUT2D eigenvalue weighted by molar-refractivity contribution is -0.132. The van der Waals surface area contributed by atoms with Crippen molar-refractivity contribution in [3.8, 4) is 11.1 Å². The van der Waals surface area contributed by atoms with Crippen LogP contribution in [0.1, 0.15) is 37.3 Å². The van der Waals surface area contributed by atoms with E-state index in [1.807, 2.05) is 54.6 Å². The molecule has 1 atom stereocenters. The van der Waals surface area contributed by atoms with Crippen LogP contribution < -0.4 is 4.59 Å². The molecular formula is C30H28N3O3+. The van der Waals surface area contributed by atoms with Gasteiger partial charge in [-0.15, -0.1) is 4.59 Å². The van der Waals surface area contributed by atoms with Gasteiger partial charge in [-0.25, -0.2) is 4.79 Å². The molecule has 5 rings (SSSR count). The molecule has 3 aromatic rings. The third-order valence-corrected chi connectivity index (χ3v) is 6.46. The molecule has 6 nitrogen and oxygen atoms in total. The Hall–Kier alpha value is -4.29. The van der Waals surface area contributed by atoms with Crippen LogP contribution in [-0.4, -0.2) is 29.8 Å². The lowest BCUT2D eigenvalue weighted by atomic mass is 9.98. The van der Waals surface area contributed by atoms with Gasteiger partial charge >= 0.3 is 5.97 Å². The van der Waals surface area contributed by atoms with Crippen LogP contribution in [0.25, 0.3) is 17.2 Å². The summed E-state index contributed by atoms with van der Waals surface area (Å²) in [7, 11) is 2.08. The summed E-state index contributed by atoms with van der Waals surface area (Å²) >= 11 is 0. The highest BCUT2D eigenvalue weighted by Crippen LogP contribution is 2.34. The lowest BCUT2D eigenvalue weighted by Gasteiger charge is -2.24. The third kappa shape index (κ3) is 4.51. The summed E-state index contributed by atoms with van der Waals surface area (Å²) in [6.45, 7) is 2.18. The molecule has 0 fully saturated rings. The zero-order valence-corrected chi connectivity index (χ0v) is 20.4. The number of rotatable bonds is 7. The van der Waals surface area contributed by atoms with E-state index >= 15 is 0 Å². The number of hydrogen-bond acceptors (Lipinski definition) is 5. The number of quaternary nitrogens is 1. The molecule has 1 N–H and O–H groups in total. The topological polar surface area (TPSA) is 71.2 Å². The van der Waals surface area contributed by atoms with E-state index in [0.717, 1.165) is 65.0 Å². The largest absolute Gasteiger partial charge is 0.504 e. The van der Waals surface area contributed by atoms with Gasteiger partial charge in [-0.3, -0.25) is 0 Å². The van der Waals surface area contributed by atoms with Crippen LogP contribution in [0.15, 0.2) is 107 Å². The minimum Gasteiger partial charge on any atom is -0.504 e. The fraction of sp³-hybridized carbons (Fsp3) is 0.167. The molecular weight excluding hydrogens is 450 g/mol. The second-order valence-corrected chi connectivity index (χ2v) is 8.97. The summed E-state index contributed by atoms with van der Waals surface area (Å²) in [4.78, 5) is 16.4. The molecule has 2 heterocycles. The van der Waals surface area contributed by atoms with E-state index in [4.69, 9.17) is 14.8 Å². The molecule has 0 amide bonds. The normalized spacial score (nSPS) is 20.2. The highest BCUT2D eigenvalue weighted by atomic mass is 16.6. The summed E-state index contributed by atoms with van der Waals surface area (Å²) in [5, 5.41) is 15.0. The maximum absolute atomic E-state index is 11.5. The first-order valence-corrected chi connectivity index (χ1v) is 12.1. The van der Waals surface area contributed by atoms with Gasteiger partial charge in [0.2, 0.25) is 11.7 Å². The van der Waals surface area contributed by atoms with Gasteiger partial charge in [0.25, 0.3) is 0 Å². The van der Waals surface area contributed by atoms with E-state index in [2.05, 4.69) is 38.2 Å². The molecule has 36 heavy (non-hydrogen) atoms. The number of aliphatic hydroxyl groups is 1. The molecule has 0 aromatic heterocycles. The van der Waals surface area contributed by atoms with Crippen LogP contribution in [0.5, 0.6) is 0 Å². The average molecular weight is 479 g/mol. The third-order valence-electron chi connectivity index (χ3n) is 6.46. The van der Waals surface area contributed by atoms with Crippen molar-refractivity contribution in [3.05, 3.63) is 108 Å². The van der Waals surface area contributed by atoms with Crippen molar-refractivity contribution in [1.29, 1.82) is 0 Å². The van der Waals surface area contributed by atoms with Gasteiger partial charge in [0.05, 0.1) is 6.08 Å². The van der Waals surface area contributed by atoms with E-state index in [9.17, 15) is 9.90 Å². The van der Waals surface area contributed by atoms with Gasteiger partial charge in [-0.2, -0.15) is 4.99 Å². The van der Waals surface area contributed by atoms with Gasteiger partial charge in [0.15, 0.2) is 17.2 Å². The minimum absolute atomic E-state index is 0.152. The van der Waals surface area contributed by atoms with Gasteiger partial charge < -0.3 is 9.84 Å². The Bertz CT molecular complexity index is 1420. The molecule has 0 saturated heterocycles. The zero-order chi connectivity index (χ0) is 25.1.